The van der Waals surface area contributed by atoms with E-state index in [1.54, 1.807) is 30.3 Å². The molecule has 0 bridgehead atoms. The molecule has 3 aromatic carbocycles. The predicted molar refractivity (Wildman–Crippen MR) is 125 cm³/mol. The maximum absolute atomic E-state index is 12.5. The zero-order chi connectivity index (χ0) is 21.8. The fourth-order valence-electron chi connectivity index (χ4n) is 3.20. The highest BCUT2D eigenvalue weighted by molar-refractivity contribution is 7.71. The van der Waals surface area contributed by atoms with Gasteiger partial charge < -0.3 is 9.84 Å². The topological polar surface area (TPSA) is 67.2 Å². The van der Waals surface area contributed by atoms with E-state index in [1.807, 2.05) is 67.6 Å². The van der Waals surface area contributed by atoms with Crippen molar-refractivity contribution < 1.29 is 9.84 Å². The molecule has 2 N–H and O–H groups in total. The molecule has 1 aromatic heterocycles. The molecule has 5 nitrogen and oxygen atoms in total. The lowest BCUT2D eigenvalue weighted by Crippen LogP contribution is -2.16. The van der Waals surface area contributed by atoms with Crippen molar-refractivity contribution in [3.8, 4) is 23.1 Å². The van der Waals surface area contributed by atoms with Gasteiger partial charge in [-0.15, -0.1) is 0 Å². The lowest BCUT2D eigenvalue weighted by molar-refractivity contribution is 0.431. The Morgan fingerprint density at radius 1 is 0.935 bits per heavy atom. The number of H-pyrrole nitrogens is 1. The summed E-state index contributed by atoms with van der Waals surface area (Å²) in [4.78, 5) is 15.2. The molecule has 0 fully saturated rings. The van der Waals surface area contributed by atoms with Crippen LogP contribution in [0, 0.1) is 4.77 Å². The number of rotatable bonds is 5. The van der Waals surface area contributed by atoms with Crippen LogP contribution in [0.2, 0.25) is 0 Å². The van der Waals surface area contributed by atoms with Gasteiger partial charge in [0.1, 0.15) is 17.1 Å². The van der Waals surface area contributed by atoms with E-state index in [-0.39, 0.29) is 16.2 Å². The molecule has 0 spiro atoms. The number of aromatic nitrogens is 2. The van der Waals surface area contributed by atoms with Crippen LogP contribution in [0.1, 0.15) is 18.1 Å². The van der Waals surface area contributed by atoms with Gasteiger partial charge in [0.15, 0.2) is 4.77 Å². The SMILES string of the molecule is CC(=Cc1c(O)n(-c2ccc(Oc3ccccc3)cc2)c(=S)[nH]c1=O)c1ccccc1. The largest absolute Gasteiger partial charge is 0.494 e. The van der Waals surface area contributed by atoms with Gasteiger partial charge in [-0.2, -0.15) is 0 Å². The highest BCUT2D eigenvalue weighted by atomic mass is 32.1. The number of nitrogens with one attached hydrogen (secondary N) is 1. The monoisotopic (exact) mass is 428 g/mol. The number of aromatic amines is 1. The van der Waals surface area contributed by atoms with Gasteiger partial charge in [0, 0.05) is 0 Å². The zero-order valence-corrected chi connectivity index (χ0v) is 17.6. The van der Waals surface area contributed by atoms with Crippen LogP contribution in [0.5, 0.6) is 17.4 Å². The second kappa shape index (κ2) is 8.85. The first-order valence-electron chi connectivity index (χ1n) is 9.68. The molecule has 6 heteroatoms. The Morgan fingerprint density at radius 2 is 1.52 bits per heavy atom. The van der Waals surface area contributed by atoms with Crippen molar-refractivity contribution in [2.45, 2.75) is 6.92 Å². The van der Waals surface area contributed by atoms with Crippen molar-refractivity contribution in [2.75, 3.05) is 0 Å². The lowest BCUT2D eigenvalue weighted by Gasteiger charge is -2.13. The summed E-state index contributed by atoms with van der Waals surface area (Å²) in [5.41, 5.74) is 2.10. The Kier molecular flexibility index (Phi) is 5.82. The molecule has 0 saturated carbocycles. The molecule has 0 saturated heterocycles. The quantitative estimate of drug-likeness (QED) is 0.385. The molecule has 0 aliphatic heterocycles. The first kappa shape index (κ1) is 20.4. The minimum absolute atomic E-state index is 0.105. The van der Waals surface area contributed by atoms with Gasteiger partial charge in [-0.1, -0.05) is 48.5 Å². The van der Waals surface area contributed by atoms with Crippen LogP contribution in [-0.2, 0) is 0 Å². The number of aromatic hydroxyl groups is 1. The molecule has 1 heterocycles. The van der Waals surface area contributed by atoms with Gasteiger partial charge in [0.25, 0.3) is 5.56 Å². The average Bonchev–Trinajstić information content (AvgIpc) is 2.79. The van der Waals surface area contributed by atoms with E-state index in [0.717, 1.165) is 16.9 Å². The Labute approximate surface area is 184 Å². The van der Waals surface area contributed by atoms with E-state index in [2.05, 4.69) is 4.98 Å². The summed E-state index contributed by atoms with van der Waals surface area (Å²) >= 11 is 5.31. The van der Waals surface area contributed by atoms with E-state index < -0.39 is 5.56 Å². The fraction of sp³-hybridized carbons (Fsp3) is 0.0400. The van der Waals surface area contributed by atoms with E-state index in [4.69, 9.17) is 17.0 Å². The van der Waals surface area contributed by atoms with Gasteiger partial charge >= 0.3 is 0 Å². The lowest BCUT2D eigenvalue weighted by atomic mass is 10.1. The first-order chi connectivity index (χ1) is 15.0. The van der Waals surface area contributed by atoms with Gasteiger partial charge in [-0.05, 0) is 72.8 Å². The van der Waals surface area contributed by atoms with Crippen LogP contribution in [0.3, 0.4) is 0 Å². The van der Waals surface area contributed by atoms with Crippen LogP contribution in [0.4, 0.5) is 0 Å². The summed E-state index contributed by atoms with van der Waals surface area (Å²) < 4.78 is 7.34. The Balaban J connectivity index is 1.71. The minimum Gasteiger partial charge on any atom is -0.494 e. The van der Waals surface area contributed by atoms with Crippen LogP contribution in [-0.4, -0.2) is 14.7 Å². The number of ether oxygens (including phenoxy) is 1. The van der Waals surface area contributed by atoms with Crippen molar-refractivity contribution in [1.29, 1.82) is 0 Å². The average molecular weight is 429 g/mol. The van der Waals surface area contributed by atoms with E-state index in [0.29, 0.717) is 11.4 Å². The van der Waals surface area contributed by atoms with Crippen LogP contribution in [0.15, 0.2) is 89.7 Å². The summed E-state index contributed by atoms with van der Waals surface area (Å²) in [6, 6.07) is 26.2. The summed E-state index contributed by atoms with van der Waals surface area (Å²) in [6.45, 7) is 1.88. The zero-order valence-electron chi connectivity index (χ0n) is 16.8. The third-order valence-corrected chi connectivity index (χ3v) is 5.07. The highest BCUT2D eigenvalue weighted by Crippen LogP contribution is 2.26. The molecular formula is C25H20N2O3S. The standard InChI is InChI=1S/C25H20N2O3S/c1-17(18-8-4-2-5-9-18)16-22-23(28)26-25(31)27(24(22)29)19-12-14-21(15-13-19)30-20-10-6-3-7-11-20/h2-16,29H,1H3,(H,26,28,31). The molecule has 4 aromatic rings. The maximum atomic E-state index is 12.5. The van der Waals surface area contributed by atoms with Crippen molar-refractivity contribution >= 4 is 23.9 Å². The van der Waals surface area contributed by atoms with Crippen molar-refractivity contribution in [3.05, 3.63) is 111 Å². The predicted octanol–water partition coefficient (Wildman–Crippen LogP) is 5.95. The number of hydrogen-bond donors (Lipinski definition) is 2. The fourth-order valence-corrected chi connectivity index (χ4v) is 3.48. The van der Waals surface area contributed by atoms with Gasteiger partial charge in [0.05, 0.1) is 5.69 Å². The molecule has 4 rings (SSSR count). The van der Waals surface area contributed by atoms with Crippen molar-refractivity contribution in [1.82, 2.24) is 9.55 Å². The molecular weight excluding hydrogens is 408 g/mol. The summed E-state index contributed by atoms with van der Waals surface area (Å²) in [5, 5.41) is 10.9. The van der Waals surface area contributed by atoms with E-state index in [1.165, 1.54) is 4.57 Å². The highest BCUT2D eigenvalue weighted by Gasteiger charge is 2.13. The Hall–Kier alpha value is -3.90. The molecule has 31 heavy (non-hydrogen) atoms. The number of nitrogens with zero attached hydrogens (tertiary/aromatic N) is 1. The Morgan fingerprint density at radius 3 is 2.16 bits per heavy atom. The molecule has 0 atom stereocenters. The van der Waals surface area contributed by atoms with Gasteiger partial charge in [-0.25, -0.2) is 0 Å². The molecule has 0 radical (unpaired) electrons. The summed E-state index contributed by atoms with van der Waals surface area (Å²) in [6.07, 6.45) is 1.65. The number of allylic oxidation sites excluding steroid dienone is 1. The minimum atomic E-state index is -0.446. The van der Waals surface area contributed by atoms with Crippen molar-refractivity contribution in [2.24, 2.45) is 0 Å². The van der Waals surface area contributed by atoms with Gasteiger partial charge in [-0.3, -0.25) is 14.3 Å². The normalized spacial score (nSPS) is 11.3. The smallest absolute Gasteiger partial charge is 0.262 e. The third-order valence-electron chi connectivity index (χ3n) is 4.78. The third kappa shape index (κ3) is 4.49. The van der Waals surface area contributed by atoms with Crippen LogP contribution in [0.25, 0.3) is 17.3 Å². The second-order valence-electron chi connectivity index (χ2n) is 6.93. The van der Waals surface area contributed by atoms with Crippen LogP contribution < -0.4 is 10.3 Å². The summed E-state index contributed by atoms with van der Waals surface area (Å²) in [5.74, 6) is 1.15. The molecule has 154 valence electrons. The number of para-hydroxylation sites is 1. The maximum Gasteiger partial charge on any atom is 0.262 e. The van der Waals surface area contributed by atoms with Crippen molar-refractivity contribution in [3.63, 3.8) is 0 Å². The number of hydrogen-bond acceptors (Lipinski definition) is 4. The molecule has 0 aliphatic carbocycles. The van der Waals surface area contributed by atoms with Gasteiger partial charge in [0.2, 0.25) is 5.88 Å². The molecule has 0 unspecified atom stereocenters. The van der Waals surface area contributed by atoms with Crippen LogP contribution >= 0.6 is 12.2 Å². The Bertz CT molecular complexity index is 1340. The second-order valence-corrected chi connectivity index (χ2v) is 7.32. The first-order valence-corrected chi connectivity index (χ1v) is 10.1. The molecule has 0 amide bonds. The number of benzene rings is 3. The summed E-state index contributed by atoms with van der Waals surface area (Å²) in [7, 11) is 0. The van der Waals surface area contributed by atoms with E-state index in [9.17, 15) is 9.90 Å². The molecule has 0 aliphatic rings. The van der Waals surface area contributed by atoms with E-state index >= 15 is 0 Å².